The van der Waals surface area contributed by atoms with Crippen LogP contribution in [0.1, 0.15) is 6.92 Å². The van der Waals surface area contributed by atoms with Crippen molar-refractivity contribution in [3.63, 3.8) is 0 Å². The highest BCUT2D eigenvalue weighted by Crippen LogP contribution is 2.06. The van der Waals surface area contributed by atoms with Gasteiger partial charge in [0, 0.05) is 52.4 Å². The molecule has 2 heterocycles. The molecule has 0 saturated carbocycles. The Morgan fingerprint density at radius 1 is 1.00 bits per heavy atom. The lowest BCUT2D eigenvalue weighted by Gasteiger charge is -2.37. The number of hydrogen-bond acceptors (Lipinski definition) is 5. The molecule has 2 saturated heterocycles. The summed E-state index contributed by atoms with van der Waals surface area (Å²) in [5.41, 5.74) is 0. The lowest BCUT2D eigenvalue weighted by Crippen LogP contribution is -2.51. The zero-order chi connectivity index (χ0) is 12.8. The predicted octanol–water partition coefficient (Wildman–Crippen LogP) is -0.152. The van der Waals surface area contributed by atoms with Gasteiger partial charge in [0.05, 0.1) is 25.3 Å². The molecule has 0 aromatic rings. The molecule has 0 aromatic carbocycles. The first-order valence-electron chi connectivity index (χ1n) is 6.96. The van der Waals surface area contributed by atoms with Crippen LogP contribution >= 0.6 is 0 Å². The minimum Gasteiger partial charge on any atom is -0.379 e. The second-order valence-corrected chi connectivity index (χ2v) is 5.14. The van der Waals surface area contributed by atoms with Gasteiger partial charge in [-0.3, -0.25) is 14.7 Å². The summed E-state index contributed by atoms with van der Waals surface area (Å²) >= 11 is 0. The van der Waals surface area contributed by atoms with E-state index in [2.05, 4.69) is 20.8 Å². The van der Waals surface area contributed by atoms with E-state index in [1.807, 2.05) is 6.92 Å². The molecule has 0 aliphatic carbocycles. The van der Waals surface area contributed by atoms with Crippen LogP contribution in [-0.4, -0.2) is 86.3 Å². The molecule has 0 amide bonds. The molecule has 1 unspecified atom stereocenters. The minimum absolute atomic E-state index is 0.0615. The Labute approximate surface area is 110 Å². The first-order chi connectivity index (χ1) is 8.79. The summed E-state index contributed by atoms with van der Waals surface area (Å²) in [5, 5.41) is 8.90. The molecule has 0 spiro atoms. The number of nitriles is 1. The van der Waals surface area contributed by atoms with E-state index >= 15 is 0 Å². The van der Waals surface area contributed by atoms with E-state index in [-0.39, 0.29) is 6.04 Å². The molecule has 2 rings (SSSR count). The van der Waals surface area contributed by atoms with Gasteiger partial charge in [0.15, 0.2) is 0 Å². The monoisotopic (exact) mass is 252 g/mol. The Balaban J connectivity index is 1.63. The van der Waals surface area contributed by atoms with Gasteiger partial charge in [0.2, 0.25) is 0 Å². The molecule has 2 aliphatic rings. The predicted molar refractivity (Wildman–Crippen MR) is 70.3 cm³/mol. The molecule has 5 heteroatoms. The van der Waals surface area contributed by atoms with Crippen molar-refractivity contribution in [1.29, 1.82) is 5.26 Å². The van der Waals surface area contributed by atoms with Crippen LogP contribution in [0.15, 0.2) is 0 Å². The van der Waals surface area contributed by atoms with Crippen LogP contribution in [0.4, 0.5) is 0 Å². The van der Waals surface area contributed by atoms with E-state index < -0.39 is 0 Å². The van der Waals surface area contributed by atoms with Crippen molar-refractivity contribution >= 4 is 0 Å². The van der Waals surface area contributed by atoms with E-state index in [1.165, 1.54) is 0 Å². The maximum absolute atomic E-state index is 8.90. The normalized spacial score (nSPS) is 25.8. The van der Waals surface area contributed by atoms with Crippen molar-refractivity contribution < 1.29 is 4.74 Å². The Hall–Kier alpha value is -0.670. The van der Waals surface area contributed by atoms with Crippen molar-refractivity contribution in [2.24, 2.45) is 0 Å². The number of piperazine rings is 1. The molecule has 5 nitrogen and oxygen atoms in total. The van der Waals surface area contributed by atoms with E-state index in [9.17, 15) is 0 Å². The fourth-order valence-corrected chi connectivity index (χ4v) is 2.56. The van der Waals surface area contributed by atoms with Crippen molar-refractivity contribution in [3.05, 3.63) is 0 Å². The second kappa shape index (κ2) is 7.05. The van der Waals surface area contributed by atoms with Gasteiger partial charge >= 0.3 is 0 Å². The third-order valence-corrected chi connectivity index (χ3v) is 3.98. The SMILES string of the molecule is CC(C#N)N1CCN(CCN2CCOCC2)CC1. The van der Waals surface area contributed by atoms with Crippen LogP contribution in [0.25, 0.3) is 0 Å². The molecule has 1 atom stereocenters. The molecule has 102 valence electrons. The fourth-order valence-electron chi connectivity index (χ4n) is 2.56. The van der Waals surface area contributed by atoms with Crippen molar-refractivity contribution in [1.82, 2.24) is 14.7 Å². The minimum atomic E-state index is 0.0615. The Bertz CT molecular complexity index is 277. The molecule has 0 aromatic heterocycles. The molecule has 18 heavy (non-hydrogen) atoms. The zero-order valence-electron chi connectivity index (χ0n) is 11.3. The van der Waals surface area contributed by atoms with Crippen LogP contribution in [0, 0.1) is 11.3 Å². The van der Waals surface area contributed by atoms with Crippen molar-refractivity contribution in [2.45, 2.75) is 13.0 Å². The summed E-state index contributed by atoms with van der Waals surface area (Å²) in [6.07, 6.45) is 0. The maximum atomic E-state index is 8.90. The number of ether oxygens (including phenoxy) is 1. The van der Waals surface area contributed by atoms with Gasteiger partial charge in [-0.05, 0) is 6.92 Å². The lowest BCUT2D eigenvalue weighted by atomic mass is 10.2. The van der Waals surface area contributed by atoms with Gasteiger partial charge < -0.3 is 4.74 Å². The van der Waals surface area contributed by atoms with Crippen molar-refractivity contribution in [2.75, 3.05) is 65.6 Å². The summed E-state index contributed by atoms with van der Waals surface area (Å²) in [6.45, 7) is 12.4. The molecule has 0 N–H and O–H groups in total. The fraction of sp³-hybridized carbons (Fsp3) is 0.923. The van der Waals surface area contributed by atoms with Crippen LogP contribution in [0.2, 0.25) is 0 Å². The average Bonchev–Trinajstić information content (AvgIpc) is 2.46. The third kappa shape index (κ3) is 3.92. The third-order valence-electron chi connectivity index (χ3n) is 3.98. The van der Waals surface area contributed by atoms with Crippen molar-refractivity contribution in [3.8, 4) is 6.07 Å². The Kier molecular flexibility index (Phi) is 5.39. The van der Waals surface area contributed by atoms with E-state index in [0.29, 0.717) is 0 Å². The smallest absolute Gasteiger partial charge is 0.0950 e. The maximum Gasteiger partial charge on any atom is 0.0950 e. The summed E-state index contributed by atoms with van der Waals surface area (Å²) in [5.74, 6) is 0. The summed E-state index contributed by atoms with van der Waals surface area (Å²) < 4.78 is 5.35. The standard InChI is InChI=1S/C13H24N4O/c1-13(12-14)17-6-4-15(5-7-17)2-3-16-8-10-18-11-9-16/h13H,2-11H2,1H3. The molecular formula is C13H24N4O. The molecule has 0 radical (unpaired) electrons. The van der Waals surface area contributed by atoms with Gasteiger partial charge in [0.25, 0.3) is 0 Å². The molecule has 0 bridgehead atoms. The van der Waals surface area contributed by atoms with Crippen LogP contribution < -0.4 is 0 Å². The Morgan fingerprint density at radius 3 is 2.11 bits per heavy atom. The zero-order valence-corrected chi connectivity index (χ0v) is 11.3. The number of hydrogen-bond donors (Lipinski definition) is 0. The highest BCUT2D eigenvalue weighted by molar-refractivity contribution is 4.90. The molecule has 2 aliphatic heterocycles. The van der Waals surface area contributed by atoms with E-state index in [4.69, 9.17) is 10.00 Å². The number of morpholine rings is 1. The quantitative estimate of drug-likeness (QED) is 0.696. The second-order valence-electron chi connectivity index (χ2n) is 5.14. The topological polar surface area (TPSA) is 42.7 Å². The van der Waals surface area contributed by atoms with Gasteiger partial charge in [0.1, 0.15) is 0 Å². The summed E-state index contributed by atoms with van der Waals surface area (Å²) in [6, 6.07) is 2.38. The average molecular weight is 252 g/mol. The summed E-state index contributed by atoms with van der Waals surface area (Å²) in [7, 11) is 0. The lowest BCUT2D eigenvalue weighted by molar-refractivity contribution is 0.0293. The van der Waals surface area contributed by atoms with Gasteiger partial charge in [-0.15, -0.1) is 0 Å². The highest BCUT2D eigenvalue weighted by Gasteiger charge is 2.21. The Morgan fingerprint density at radius 2 is 1.56 bits per heavy atom. The van der Waals surface area contributed by atoms with E-state index in [1.54, 1.807) is 0 Å². The largest absolute Gasteiger partial charge is 0.379 e. The van der Waals surface area contributed by atoms with Crippen LogP contribution in [0.3, 0.4) is 0 Å². The first kappa shape index (κ1) is 13.8. The molecule has 2 fully saturated rings. The van der Waals surface area contributed by atoms with Crippen LogP contribution in [0.5, 0.6) is 0 Å². The number of rotatable bonds is 4. The molecular weight excluding hydrogens is 228 g/mol. The van der Waals surface area contributed by atoms with Gasteiger partial charge in [-0.2, -0.15) is 5.26 Å². The number of nitrogens with zero attached hydrogens (tertiary/aromatic N) is 4. The van der Waals surface area contributed by atoms with Gasteiger partial charge in [-0.1, -0.05) is 0 Å². The van der Waals surface area contributed by atoms with E-state index in [0.717, 1.165) is 65.6 Å². The van der Waals surface area contributed by atoms with Crippen LogP contribution in [-0.2, 0) is 4.74 Å². The van der Waals surface area contributed by atoms with Gasteiger partial charge in [-0.25, -0.2) is 0 Å². The first-order valence-corrected chi connectivity index (χ1v) is 6.96. The summed E-state index contributed by atoms with van der Waals surface area (Å²) in [4.78, 5) is 7.26. The highest BCUT2D eigenvalue weighted by atomic mass is 16.5.